The second-order valence-electron chi connectivity index (χ2n) is 3.61. The van der Waals surface area contributed by atoms with Gasteiger partial charge in [0, 0.05) is 9.50 Å². The number of amides is 1. The van der Waals surface area contributed by atoms with Crippen LogP contribution in [0.15, 0.2) is 16.6 Å². The van der Waals surface area contributed by atoms with Gasteiger partial charge in [0.25, 0.3) is 0 Å². The fraction of sp³-hybridized carbons (Fsp3) is 0.300. The lowest BCUT2D eigenvalue weighted by molar-refractivity contribution is -0.123. The Morgan fingerprint density at radius 1 is 1.60 bits per heavy atom. The van der Waals surface area contributed by atoms with E-state index in [1.165, 1.54) is 0 Å². The molecule has 80 valence electrons. The first-order valence-electron chi connectivity index (χ1n) is 4.53. The van der Waals surface area contributed by atoms with E-state index in [0.29, 0.717) is 11.6 Å². The second kappa shape index (κ2) is 3.77. The summed E-state index contributed by atoms with van der Waals surface area (Å²) >= 11 is 9.42. The SMILES string of the molecule is Cc1cc(Br)c(N2CC(N)C2=O)cc1Cl. The minimum atomic E-state index is -0.364. The number of rotatable bonds is 1. The zero-order valence-corrected chi connectivity index (χ0v) is 10.5. The number of benzene rings is 1. The summed E-state index contributed by atoms with van der Waals surface area (Å²) in [6, 6.07) is 3.32. The Bertz CT molecular complexity index is 436. The zero-order valence-electron chi connectivity index (χ0n) is 8.13. The summed E-state index contributed by atoms with van der Waals surface area (Å²) in [6.45, 7) is 2.47. The largest absolute Gasteiger partial charge is 0.318 e. The zero-order chi connectivity index (χ0) is 11.2. The van der Waals surface area contributed by atoms with Crippen molar-refractivity contribution < 1.29 is 4.79 Å². The van der Waals surface area contributed by atoms with Gasteiger partial charge in [0.15, 0.2) is 0 Å². The summed E-state index contributed by atoms with van der Waals surface area (Å²) < 4.78 is 0.865. The van der Waals surface area contributed by atoms with E-state index in [9.17, 15) is 4.79 Å². The Balaban J connectivity index is 2.37. The molecule has 0 spiro atoms. The molecule has 1 saturated heterocycles. The van der Waals surface area contributed by atoms with Crippen molar-refractivity contribution in [3.8, 4) is 0 Å². The van der Waals surface area contributed by atoms with E-state index >= 15 is 0 Å². The summed E-state index contributed by atoms with van der Waals surface area (Å²) in [7, 11) is 0. The monoisotopic (exact) mass is 288 g/mol. The highest BCUT2D eigenvalue weighted by Crippen LogP contribution is 2.34. The van der Waals surface area contributed by atoms with Gasteiger partial charge in [-0.05, 0) is 40.5 Å². The van der Waals surface area contributed by atoms with Crippen LogP contribution in [0.1, 0.15) is 5.56 Å². The van der Waals surface area contributed by atoms with Gasteiger partial charge >= 0.3 is 0 Å². The van der Waals surface area contributed by atoms with Crippen LogP contribution in [-0.2, 0) is 4.79 Å². The van der Waals surface area contributed by atoms with Crippen LogP contribution in [0.25, 0.3) is 0 Å². The molecule has 1 heterocycles. The molecule has 5 heteroatoms. The maximum absolute atomic E-state index is 11.4. The molecule has 1 aliphatic heterocycles. The molecule has 15 heavy (non-hydrogen) atoms. The summed E-state index contributed by atoms with van der Waals surface area (Å²) in [4.78, 5) is 13.1. The number of hydrogen-bond donors (Lipinski definition) is 1. The molecule has 0 bridgehead atoms. The molecule has 0 radical (unpaired) electrons. The third-order valence-corrected chi connectivity index (χ3v) is 3.52. The van der Waals surface area contributed by atoms with Crippen molar-refractivity contribution in [2.75, 3.05) is 11.4 Å². The molecule has 1 fully saturated rings. The van der Waals surface area contributed by atoms with Gasteiger partial charge in [0.1, 0.15) is 6.04 Å². The predicted molar refractivity (Wildman–Crippen MR) is 64.2 cm³/mol. The second-order valence-corrected chi connectivity index (χ2v) is 4.87. The lowest BCUT2D eigenvalue weighted by atomic mass is 10.1. The maximum atomic E-state index is 11.4. The molecule has 3 nitrogen and oxygen atoms in total. The molecule has 1 aliphatic rings. The third kappa shape index (κ3) is 1.77. The molecule has 0 saturated carbocycles. The number of carbonyl (C=O) groups is 1. The normalized spacial score (nSPS) is 20.4. The van der Waals surface area contributed by atoms with Crippen molar-refractivity contribution in [2.45, 2.75) is 13.0 Å². The highest BCUT2D eigenvalue weighted by Gasteiger charge is 2.35. The van der Waals surface area contributed by atoms with Crippen LogP contribution in [0.2, 0.25) is 5.02 Å². The Hall–Kier alpha value is -0.580. The summed E-state index contributed by atoms with van der Waals surface area (Å²) in [6.07, 6.45) is 0. The van der Waals surface area contributed by atoms with Crippen LogP contribution < -0.4 is 10.6 Å². The molecule has 1 unspecified atom stereocenters. The highest BCUT2D eigenvalue weighted by atomic mass is 79.9. The lowest BCUT2D eigenvalue weighted by Crippen LogP contribution is -2.61. The van der Waals surface area contributed by atoms with Gasteiger partial charge in [-0.1, -0.05) is 11.6 Å². The van der Waals surface area contributed by atoms with Crippen molar-refractivity contribution in [3.05, 3.63) is 27.2 Å². The number of aryl methyl sites for hydroxylation is 1. The topological polar surface area (TPSA) is 46.3 Å². The molecule has 0 aliphatic carbocycles. The molecule has 1 aromatic rings. The van der Waals surface area contributed by atoms with Crippen molar-refractivity contribution in [2.24, 2.45) is 5.73 Å². The van der Waals surface area contributed by atoms with Crippen LogP contribution in [0.5, 0.6) is 0 Å². The van der Waals surface area contributed by atoms with Gasteiger partial charge in [-0.3, -0.25) is 4.79 Å². The number of nitrogens with zero attached hydrogens (tertiary/aromatic N) is 1. The number of hydrogen-bond acceptors (Lipinski definition) is 2. The van der Waals surface area contributed by atoms with Crippen molar-refractivity contribution in [3.63, 3.8) is 0 Å². The average Bonchev–Trinajstić information content (AvgIpc) is 2.20. The number of halogens is 2. The number of nitrogens with two attached hydrogens (primary N) is 1. The minimum absolute atomic E-state index is 0.0596. The van der Waals surface area contributed by atoms with Gasteiger partial charge in [-0.2, -0.15) is 0 Å². The number of carbonyl (C=O) groups excluding carboxylic acids is 1. The smallest absolute Gasteiger partial charge is 0.245 e. The first kappa shape index (κ1) is 10.9. The Kier molecular flexibility index (Phi) is 2.75. The van der Waals surface area contributed by atoms with Crippen LogP contribution in [-0.4, -0.2) is 18.5 Å². The van der Waals surface area contributed by atoms with E-state index in [-0.39, 0.29) is 11.9 Å². The van der Waals surface area contributed by atoms with Crippen LogP contribution in [0.3, 0.4) is 0 Å². The fourth-order valence-electron chi connectivity index (χ4n) is 1.51. The van der Waals surface area contributed by atoms with Crippen LogP contribution >= 0.6 is 27.5 Å². The molecule has 2 N–H and O–H groups in total. The maximum Gasteiger partial charge on any atom is 0.245 e. The molecule has 2 rings (SSSR count). The predicted octanol–water partition coefficient (Wildman–Crippen LogP) is 2.08. The Labute approximate surface area is 101 Å². The van der Waals surface area contributed by atoms with Gasteiger partial charge in [0.05, 0.1) is 12.2 Å². The molecular weight excluding hydrogens is 279 g/mol. The number of β-lactam (4-membered cyclic amide) rings is 1. The van der Waals surface area contributed by atoms with Crippen molar-refractivity contribution >= 4 is 39.1 Å². The molecule has 1 atom stereocenters. The molecule has 1 amide bonds. The first-order valence-corrected chi connectivity index (χ1v) is 5.70. The van der Waals surface area contributed by atoms with Crippen LogP contribution in [0.4, 0.5) is 5.69 Å². The fourth-order valence-corrected chi connectivity index (χ4v) is 2.34. The summed E-state index contributed by atoms with van der Waals surface area (Å²) in [5, 5.41) is 0.654. The minimum Gasteiger partial charge on any atom is -0.318 e. The average molecular weight is 290 g/mol. The van der Waals surface area contributed by atoms with Crippen molar-refractivity contribution in [1.82, 2.24) is 0 Å². The first-order chi connectivity index (χ1) is 7.00. The Morgan fingerprint density at radius 3 is 2.80 bits per heavy atom. The van der Waals surface area contributed by atoms with Gasteiger partial charge < -0.3 is 10.6 Å². The lowest BCUT2D eigenvalue weighted by Gasteiger charge is -2.36. The van der Waals surface area contributed by atoms with E-state index in [1.54, 1.807) is 11.0 Å². The third-order valence-electron chi connectivity index (χ3n) is 2.48. The molecule has 0 aromatic heterocycles. The van der Waals surface area contributed by atoms with Gasteiger partial charge in [-0.25, -0.2) is 0 Å². The number of anilines is 1. The van der Waals surface area contributed by atoms with E-state index in [2.05, 4.69) is 15.9 Å². The summed E-state index contributed by atoms with van der Waals surface area (Å²) in [5.41, 5.74) is 7.29. The van der Waals surface area contributed by atoms with Crippen molar-refractivity contribution in [1.29, 1.82) is 0 Å². The summed E-state index contributed by atoms with van der Waals surface area (Å²) in [5.74, 6) is -0.0596. The van der Waals surface area contributed by atoms with E-state index in [1.807, 2.05) is 13.0 Å². The van der Waals surface area contributed by atoms with Gasteiger partial charge in [-0.15, -0.1) is 0 Å². The highest BCUT2D eigenvalue weighted by molar-refractivity contribution is 9.10. The molecule has 1 aromatic carbocycles. The standard InChI is InChI=1S/C10H10BrClN2O/c1-5-2-6(11)9(3-7(5)12)14-4-8(13)10(14)15/h2-3,8H,4,13H2,1H3. The quantitative estimate of drug-likeness (QED) is 0.805. The van der Waals surface area contributed by atoms with E-state index < -0.39 is 0 Å². The van der Waals surface area contributed by atoms with E-state index in [0.717, 1.165) is 15.7 Å². The molecular formula is C10H10BrClN2O. The Morgan fingerprint density at radius 2 is 2.27 bits per heavy atom. The van der Waals surface area contributed by atoms with Crippen LogP contribution in [0, 0.1) is 6.92 Å². The van der Waals surface area contributed by atoms with Gasteiger partial charge in [0.2, 0.25) is 5.91 Å². The van der Waals surface area contributed by atoms with E-state index in [4.69, 9.17) is 17.3 Å².